The van der Waals surface area contributed by atoms with Gasteiger partial charge in [0.1, 0.15) is 5.82 Å². The van der Waals surface area contributed by atoms with Crippen LogP contribution < -0.4 is 0 Å². The van der Waals surface area contributed by atoms with E-state index in [-0.39, 0.29) is 30.6 Å². The molecular formula is C26H29FN2O3S. The van der Waals surface area contributed by atoms with E-state index in [2.05, 4.69) is 0 Å². The maximum atomic E-state index is 13.4. The minimum Gasteiger partial charge on any atom is -0.383 e. The molecule has 0 saturated heterocycles. The van der Waals surface area contributed by atoms with Crippen LogP contribution in [0.2, 0.25) is 0 Å². The van der Waals surface area contributed by atoms with Crippen LogP contribution in [0.1, 0.15) is 21.6 Å². The Morgan fingerprint density at radius 1 is 0.909 bits per heavy atom. The number of thiophene rings is 1. The van der Waals surface area contributed by atoms with Gasteiger partial charge in [-0.25, -0.2) is 4.39 Å². The summed E-state index contributed by atoms with van der Waals surface area (Å²) >= 11 is 1.59. The zero-order chi connectivity index (χ0) is 23.6. The Morgan fingerprint density at radius 2 is 1.64 bits per heavy atom. The maximum absolute atomic E-state index is 13.4. The van der Waals surface area contributed by atoms with E-state index in [1.807, 2.05) is 48.7 Å². The van der Waals surface area contributed by atoms with Crippen LogP contribution in [-0.4, -0.2) is 48.4 Å². The zero-order valence-electron chi connectivity index (χ0n) is 19.0. The fourth-order valence-electron chi connectivity index (χ4n) is 3.42. The maximum Gasteiger partial charge on any atom is 0.242 e. The number of hydrogen-bond donors (Lipinski definition) is 0. The fourth-order valence-corrected chi connectivity index (χ4v) is 4.34. The van der Waals surface area contributed by atoms with E-state index >= 15 is 0 Å². The van der Waals surface area contributed by atoms with Crippen LogP contribution >= 0.6 is 11.3 Å². The summed E-state index contributed by atoms with van der Waals surface area (Å²) in [4.78, 5) is 30.8. The molecule has 0 aliphatic heterocycles. The Hall–Kier alpha value is -3.03. The molecular weight excluding hydrogens is 439 g/mol. The summed E-state index contributed by atoms with van der Waals surface area (Å²) in [6, 6.07) is 17.6. The van der Waals surface area contributed by atoms with Crippen molar-refractivity contribution in [1.29, 1.82) is 0 Å². The van der Waals surface area contributed by atoms with Crippen LogP contribution in [0.3, 0.4) is 0 Å². The predicted octanol–water partition coefficient (Wildman–Crippen LogP) is 4.44. The average molecular weight is 469 g/mol. The molecule has 2 aromatic carbocycles. The minimum absolute atomic E-state index is 0.0410. The van der Waals surface area contributed by atoms with Gasteiger partial charge in [0.05, 0.1) is 26.1 Å². The van der Waals surface area contributed by atoms with Crippen molar-refractivity contribution in [3.8, 4) is 0 Å². The highest BCUT2D eigenvalue weighted by molar-refractivity contribution is 7.10. The van der Waals surface area contributed by atoms with Crippen molar-refractivity contribution in [3.63, 3.8) is 0 Å². The number of carbonyl (C=O) groups excluding carboxylic acids is 2. The number of carbonyl (C=O) groups is 2. The number of halogens is 1. The molecule has 174 valence electrons. The average Bonchev–Trinajstić information content (AvgIpc) is 3.22. The van der Waals surface area contributed by atoms with Gasteiger partial charge in [0, 0.05) is 25.1 Å². The monoisotopic (exact) mass is 468 g/mol. The summed E-state index contributed by atoms with van der Waals surface area (Å²) < 4.78 is 18.5. The highest BCUT2D eigenvalue weighted by Gasteiger charge is 2.22. The molecule has 3 aromatic rings. The van der Waals surface area contributed by atoms with Gasteiger partial charge in [0.2, 0.25) is 11.8 Å². The number of nitrogens with zero attached hydrogens (tertiary/aromatic N) is 2. The molecule has 0 spiro atoms. The second-order valence-corrected chi connectivity index (χ2v) is 8.87. The lowest BCUT2D eigenvalue weighted by Gasteiger charge is -2.28. The van der Waals surface area contributed by atoms with E-state index in [0.717, 1.165) is 21.6 Å². The molecule has 0 saturated carbocycles. The van der Waals surface area contributed by atoms with E-state index in [0.29, 0.717) is 26.2 Å². The SMILES string of the molecule is COCCN(CC(=O)N(Cc1ccc(F)cc1)Cc1sccc1C)C(=O)Cc1ccccc1. The first-order chi connectivity index (χ1) is 16.0. The molecule has 33 heavy (non-hydrogen) atoms. The largest absolute Gasteiger partial charge is 0.383 e. The first-order valence-corrected chi connectivity index (χ1v) is 11.7. The van der Waals surface area contributed by atoms with Crippen LogP contribution in [-0.2, 0) is 33.8 Å². The van der Waals surface area contributed by atoms with Crippen molar-refractivity contribution in [2.75, 3.05) is 26.8 Å². The van der Waals surface area contributed by atoms with Gasteiger partial charge in [0.25, 0.3) is 0 Å². The molecule has 1 aromatic heterocycles. The number of aryl methyl sites for hydroxylation is 1. The lowest BCUT2D eigenvalue weighted by atomic mass is 10.1. The first kappa shape index (κ1) is 24.6. The van der Waals surface area contributed by atoms with Crippen LogP contribution in [0.4, 0.5) is 4.39 Å². The molecule has 2 amide bonds. The predicted molar refractivity (Wildman–Crippen MR) is 128 cm³/mol. The summed E-state index contributed by atoms with van der Waals surface area (Å²) in [7, 11) is 1.57. The quantitative estimate of drug-likeness (QED) is 0.418. The third-order valence-corrected chi connectivity index (χ3v) is 6.39. The van der Waals surface area contributed by atoms with Gasteiger partial charge in [-0.05, 0) is 47.2 Å². The number of ether oxygens (including phenoxy) is 1. The van der Waals surface area contributed by atoms with Crippen LogP contribution in [0, 0.1) is 12.7 Å². The zero-order valence-corrected chi connectivity index (χ0v) is 19.8. The third-order valence-electron chi connectivity index (χ3n) is 5.38. The molecule has 5 nitrogen and oxygen atoms in total. The first-order valence-electron chi connectivity index (χ1n) is 10.8. The Bertz CT molecular complexity index is 1040. The van der Waals surface area contributed by atoms with E-state index in [1.165, 1.54) is 12.1 Å². The number of hydrogen-bond acceptors (Lipinski definition) is 4. The van der Waals surface area contributed by atoms with Crippen LogP contribution in [0.15, 0.2) is 66.0 Å². The Kier molecular flexibility index (Phi) is 9.15. The van der Waals surface area contributed by atoms with Gasteiger partial charge in [-0.2, -0.15) is 0 Å². The molecule has 1 heterocycles. The van der Waals surface area contributed by atoms with Crippen molar-refractivity contribution in [2.45, 2.75) is 26.4 Å². The Morgan fingerprint density at radius 3 is 2.27 bits per heavy atom. The number of methoxy groups -OCH3 is 1. The lowest BCUT2D eigenvalue weighted by Crippen LogP contribution is -2.44. The summed E-state index contributed by atoms with van der Waals surface area (Å²) in [5, 5.41) is 2.00. The summed E-state index contributed by atoms with van der Waals surface area (Å²) in [5.74, 6) is -0.603. The van der Waals surface area contributed by atoms with Gasteiger partial charge < -0.3 is 14.5 Å². The van der Waals surface area contributed by atoms with E-state index < -0.39 is 0 Å². The number of benzene rings is 2. The van der Waals surface area contributed by atoms with Gasteiger partial charge in [-0.3, -0.25) is 9.59 Å². The Balaban J connectivity index is 1.76. The summed E-state index contributed by atoms with van der Waals surface area (Å²) in [6.07, 6.45) is 0.222. The summed E-state index contributed by atoms with van der Waals surface area (Å²) in [6.45, 7) is 3.42. The van der Waals surface area contributed by atoms with Gasteiger partial charge in [-0.1, -0.05) is 42.5 Å². The van der Waals surface area contributed by atoms with Crippen molar-refractivity contribution >= 4 is 23.2 Å². The fraction of sp³-hybridized carbons (Fsp3) is 0.308. The van der Waals surface area contributed by atoms with Gasteiger partial charge in [0.15, 0.2) is 0 Å². The van der Waals surface area contributed by atoms with E-state index in [9.17, 15) is 14.0 Å². The molecule has 0 N–H and O–H groups in total. The molecule has 7 heteroatoms. The standard InChI is InChI=1S/C26H29FN2O3S/c1-20-12-15-33-24(20)18-29(17-22-8-10-23(27)11-9-22)26(31)19-28(13-14-32-2)25(30)16-21-6-4-3-5-7-21/h3-12,15H,13-14,16-19H2,1-2H3. The normalized spacial score (nSPS) is 10.8. The van der Waals surface area contributed by atoms with E-state index in [4.69, 9.17) is 4.74 Å². The van der Waals surface area contributed by atoms with Crippen molar-refractivity contribution < 1.29 is 18.7 Å². The topological polar surface area (TPSA) is 49.9 Å². The molecule has 3 rings (SSSR count). The highest BCUT2D eigenvalue weighted by atomic mass is 32.1. The number of rotatable bonds is 11. The molecule has 0 fully saturated rings. The molecule has 0 atom stereocenters. The molecule has 0 bridgehead atoms. The summed E-state index contributed by atoms with van der Waals surface area (Å²) in [5.41, 5.74) is 2.85. The van der Waals surface area contributed by atoms with Gasteiger partial charge >= 0.3 is 0 Å². The highest BCUT2D eigenvalue weighted by Crippen LogP contribution is 2.20. The molecule has 0 unspecified atom stereocenters. The van der Waals surface area contributed by atoms with Crippen molar-refractivity contribution in [2.24, 2.45) is 0 Å². The van der Waals surface area contributed by atoms with Gasteiger partial charge in [-0.15, -0.1) is 11.3 Å². The van der Waals surface area contributed by atoms with Crippen molar-refractivity contribution in [3.05, 3.63) is 93.4 Å². The number of amides is 2. The molecule has 0 aliphatic rings. The third kappa shape index (κ3) is 7.51. The van der Waals surface area contributed by atoms with E-state index in [1.54, 1.807) is 40.4 Å². The smallest absolute Gasteiger partial charge is 0.242 e. The second kappa shape index (κ2) is 12.3. The lowest BCUT2D eigenvalue weighted by molar-refractivity contribution is -0.141. The van der Waals surface area contributed by atoms with Crippen LogP contribution in [0.25, 0.3) is 0 Å². The Labute approximate surface area is 198 Å². The van der Waals surface area contributed by atoms with Crippen LogP contribution in [0.5, 0.6) is 0 Å². The minimum atomic E-state index is -0.317. The van der Waals surface area contributed by atoms with Crippen molar-refractivity contribution in [1.82, 2.24) is 9.80 Å². The second-order valence-electron chi connectivity index (χ2n) is 7.87. The molecule has 0 aliphatic carbocycles. The molecule has 0 radical (unpaired) electrons.